The number of thiophene rings is 1. The molecule has 0 atom stereocenters. The summed E-state index contributed by atoms with van der Waals surface area (Å²) in [7, 11) is 0. The van der Waals surface area contributed by atoms with E-state index in [1.807, 2.05) is 30.3 Å². The number of halogens is 1. The average molecular weight is 410 g/mol. The molecule has 4 aromatic rings. The van der Waals surface area contributed by atoms with E-state index in [-0.39, 0.29) is 5.91 Å². The Balaban J connectivity index is 1.46. The van der Waals surface area contributed by atoms with Gasteiger partial charge in [0.05, 0.1) is 5.02 Å². The van der Waals surface area contributed by atoms with Crippen molar-refractivity contribution in [3.05, 3.63) is 63.5 Å². The number of aryl methyl sites for hydroxylation is 2. The molecule has 0 radical (unpaired) electrons. The second kappa shape index (κ2) is 7.04. The number of hydrogen-bond acceptors (Lipinski definition) is 5. The van der Waals surface area contributed by atoms with Gasteiger partial charge in [0.15, 0.2) is 5.69 Å². The van der Waals surface area contributed by atoms with Crippen LogP contribution in [0.5, 0.6) is 0 Å². The number of fused-ring (bicyclic) bond motifs is 2. The van der Waals surface area contributed by atoms with E-state index in [1.165, 1.54) is 35.3 Å². The summed E-state index contributed by atoms with van der Waals surface area (Å²) < 4.78 is 5.89. The Kier molecular flexibility index (Phi) is 4.37. The van der Waals surface area contributed by atoms with Crippen molar-refractivity contribution in [2.45, 2.75) is 25.7 Å². The lowest BCUT2D eigenvalue weighted by molar-refractivity contribution is 0.103. The van der Waals surface area contributed by atoms with Crippen LogP contribution in [-0.2, 0) is 12.8 Å². The van der Waals surface area contributed by atoms with Crippen LogP contribution < -0.4 is 5.32 Å². The van der Waals surface area contributed by atoms with Gasteiger partial charge in [-0.2, -0.15) is 0 Å². The highest BCUT2D eigenvalue weighted by atomic mass is 35.5. The lowest BCUT2D eigenvalue weighted by atomic mass is 9.90. The molecule has 5 rings (SSSR count). The van der Waals surface area contributed by atoms with Gasteiger partial charge in [0, 0.05) is 15.6 Å². The van der Waals surface area contributed by atoms with E-state index in [9.17, 15) is 4.79 Å². The Morgan fingerprint density at radius 1 is 1.07 bits per heavy atom. The average Bonchev–Trinajstić information content (AvgIpc) is 3.32. The Bertz CT molecular complexity index is 1200. The summed E-state index contributed by atoms with van der Waals surface area (Å²) >= 11 is 7.77. The zero-order chi connectivity index (χ0) is 19.1. The molecule has 2 aromatic heterocycles. The van der Waals surface area contributed by atoms with Crippen LogP contribution in [0.15, 0.2) is 47.1 Å². The Morgan fingerprint density at radius 2 is 1.89 bits per heavy atom. The van der Waals surface area contributed by atoms with Crippen LogP contribution >= 0.6 is 22.9 Å². The van der Waals surface area contributed by atoms with Crippen molar-refractivity contribution in [1.82, 2.24) is 10.3 Å². The topological polar surface area (TPSA) is 68.0 Å². The molecule has 2 heterocycles. The maximum Gasteiger partial charge on any atom is 0.268 e. The summed E-state index contributed by atoms with van der Waals surface area (Å²) in [6.07, 6.45) is 4.60. The molecular formula is C21H16ClN3O2S. The second-order valence-electron chi connectivity index (χ2n) is 6.85. The van der Waals surface area contributed by atoms with Gasteiger partial charge in [-0.25, -0.2) is 4.63 Å². The molecule has 0 spiro atoms. The van der Waals surface area contributed by atoms with E-state index in [0.717, 1.165) is 28.5 Å². The van der Waals surface area contributed by atoms with Crippen molar-refractivity contribution in [1.29, 1.82) is 0 Å². The van der Waals surface area contributed by atoms with E-state index >= 15 is 0 Å². The number of amides is 1. The van der Waals surface area contributed by atoms with Crippen LogP contribution in [0.25, 0.3) is 21.3 Å². The van der Waals surface area contributed by atoms with Gasteiger partial charge in [0.1, 0.15) is 4.88 Å². The highest BCUT2D eigenvalue weighted by Gasteiger charge is 2.21. The van der Waals surface area contributed by atoms with Gasteiger partial charge in [-0.05, 0) is 59.3 Å². The summed E-state index contributed by atoms with van der Waals surface area (Å²) in [5.74, 6) is -0.0182. The molecule has 28 heavy (non-hydrogen) atoms. The zero-order valence-electron chi connectivity index (χ0n) is 14.9. The van der Waals surface area contributed by atoms with E-state index in [2.05, 4.69) is 27.8 Å². The molecule has 0 unspecified atom stereocenters. The summed E-state index contributed by atoms with van der Waals surface area (Å²) in [5.41, 5.74) is 4.13. The van der Waals surface area contributed by atoms with Crippen molar-refractivity contribution >= 4 is 44.7 Å². The number of rotatable bonds is 3. The monoisotopic (exact) mass is 409 g/mol. The smallest absolute Gasteiger partial charge is 0.268 e. The van der Waals surface area contributed by atoms with Crippen LogP contribution in [0.1, 0.15) is 33.6 Å². The molecule has 1 aliphatic carbocycles. The first-order chi connectivity index (χ1) is 13.7. The second-order valence-corrected chi connectivity index (χ2v) is 8.28. The minimum absolute atomic E-state index is 0.300. The SMILES string of the molecule is O=C(Nc1nonc1-c1ccc2c(c1)CCCC2)c1sc2ccccc2c1Cl. The molecule has 7 heteroatoms. The van der Waals surface area contributed by atoms with Crippen molar-refractivity contribution in [3.8, 4) is 11.3 Å². The molecule has 5 nitrogen and oxygen atoms in total. The van der Waals surface area contributed by atoms with Gasteiger partial charge in [-0.1, -0.05) is 41.9 Å². The highest BCUT2D eigenvalue weighted by Crippen LogP contribution is 2.36. The highest BCUT2D eigenvalue weighted by molar-refractivity contribution is 7.21. The summed E-state index contributed by atoms with van der Waals surface area (Å²) in [6, 6.07) is 13.9. The number of anilines is 1. The molecule has 0 saturated heterocycles. The largest absolute Gasteiger partial charge is 0.301 e. The predicted molar refractivity (Wildman–Crippen MR) is 111 cm³/mol. The fourth-order valence-corrected chi connectivity index (χ4v) is 5.08. The first-order valence-electron chi connectivity index (χ1n) is 9.14. The van der Waals surface area contributed by atoms with Gasteiger partial charge in [0.25, 0.3) is 5.91 Å². The van der Waals surface area contributed by atoms with Crippen molar-refractivity contribution in [2.24, 2.45) is 0 Å². The van der Waals surface area contributed by atoms with Gasteiger partial charge < -0.3 is 5.32 Å². The number of carbonyl (C=O) groups is 1. The molecule has 140 valence electrons. The number of carbonyl (C=O) groups excluding carboxylic acids is 1. The molecule has 1 amide bonds. The van der Waals surface area contributed by atoms with Crippen LogP contribution in [0, 0.1) is 0 Å². The first kappa shape index (κ1) is 17.4. The molecule has 0 bridgehead atoms. The predicted octanol–water partition coefficient (Wildman–Crippen LogP) is 5.74. The lowest BCUT2D eigenvalue weighted by Crippen LogP contribution is -2.12. The third-order valence-electron chi connectivity index (χ3n) is 5.08. The minimum Gasteiger partial charge on any atom is -0.301 e. The molecule has 2 aromatic carbocycles. The van der Waals surface area contributed by atoms with Crippen molar-refractivity contribution in [3.63, 3.8) is 0 Å². The van der Waals surface area contributed by atoms with Crippen LogP contribution in [-0.4, -0.2) is 16.2 Å². The first-order valence-corrected chi connectivity index (χ1v) is 10.3. The molecule has 0 aliphatic heterocycles. The molecule has 0 saturated carbocycles. The Morgan fingerprint density at radius 3 is 2.75 bits per heavy atom. The minimum atomic E-state index is -0.318. The standard InChI is InChI=1S/C21H16ClN3O2S/c22-17-15-7-3-4-8-16(15)28-19(17)21(26)23-20-18(24-27-25-20)14-10-9-12-5-1-2-6-13(12)11-14/h3-4,7-11H,1-2,5-6H2,(H,23,25,26). The normalized spacial score (nSPS) is 13.5. The van der Waals surface area contributed by atoms with Gasteiger partial charge in [-0.15, -0.1) is 11.3 Å². The Labute approximate surface area is 170 Å². The number of nitrogens with zero attached hydrogens (tertiary/aromatic N) is 2. The molecule has 1 N–H and O–H groups in total. The van der Waals surface area contributed by atoms with E-state index in [1.54, 1.807) is 0 Å². The summed E-state index contributed by atoms with van der Waals surface area (Å²) in [6.45, 7) is 0. The fraction of sp³-hybridized carbons (Fsp3) is 0.190. The fourth-order valence-electron chi connectivity index (χ4n) is 3.67. The van der Waals surface area contributed by atoms with E-state index < -0.39 is 0 Å². The van der Waals surface area contributed by atoms with Crippen LogP contribution in [0.2, 0.25) is 5.02 Å². The maximum absolute atomic E-state index is 12.8. The van der Waals surface area contributed by atoms with Gasteiger partial charge >= 0.3 is 0 Å². The van der Waals surface area contributed by atoms with Gasteiger partial charge in [-0.3, -0.25) is 4.79 Å². The maximum atomic E-state index is 12.8. The van der Waals surface area contributed by atoms with E-state index in [0.29, 0.717) is 21.4 Å². The molecule has 1 aliphatic rings. The van der Waals surface area contributed by atoms with Crippen LogP contribution in [0.3, 0.4) is 0 Å². The number of nitrogens with one attached hydrogen (secondary N) is 1. The number of hydrogen-bond donors (Lipinski definition) is 1. The summed E-state index contributed by atoms with van der Waals surface area (Å²) in [5, 5.41) is 12.0. The third kappa shape index (κ3) is 2.99. The van der Waals surface area contributed by atoms with Crippen LogP contribution in [0.4, 0.5) is 5.82 Å². The quantitative estimate of drug-likeness (QED) is 0.468. The van der Waals surface area contributed by atoms with Gasteiger partial charge in [0.2, 0.25) is 5.82 Å². The third-order valence-corrected chi connectivity index (χ3v) is 6.76. The van der Waals surface area contributed by atoms with Crippen molar-refractivity contribution in [2.75, 3.05) is 5.32 Å². The Hall–Kier alpha value is -2.70. The zero-order valence-corrected chi connectivity index (χ0v) is 16.4. The number of aromatic nitrogens is 2. The number of benzene rings is 2. The van der Waals surface area contributed by atoms with Crippen molar-refractivity contribution < 1.29 is 9.42 Å². The van der Waals surface area contributed by atoms with E-state index in [4.69, 9.17) is 16.2 Å². The lowest BCUT2D eigenvalue weighted by Gasteiger charge is -2.16. The summed E-state index contributed by atoms with van der Waals surface area (Å²) in [4.78, 5) is 13.3. The molecular weight excluding hydrogens is 394 g/mol. The molecule has 0 fully saturated rings.